The van der Waals surface area contributed by atoms with Crippen LogP contribution in [0, 0.1) is 5.92 Å². The summed E-state index contributed by atoms with van der Waals surface area (Å²) in [7, 11) is 0. The average Bonchev–Trinajstić information content (AvgIpc) is 3.01. The highest BCUT2D eigenvalue weighted by Gasteiger charge is 2.30. The van der Waals surface area contributed by atoms with Crippen LogP contribution in [0.5, 0.6) is 0 Å². The number of rotatable bonds is 3. The van der Waals surface area contributed by atoms with E-state index in [1.165, 1.54) is 0 Å². The summed E-state index contributed by atoms with van der Waals surface area (Å²) in [5.41, 5.74) is 0.985. The summed E-state index contributed by atoms with van der Waals surface area (Å²) >= 11 is 0. The van der Waals surface area contributed by atoms with Gasteiger partial charge in [-0.2, -0.15) is 0 Å². The summed E-state index contributed by atoms with van der Waals surface area (Å²) in [6, 6.07) is 9.83. The van der Waals surface area contributed by atoms with E-state index in [0.29, 0.717) is 11.6 Å². The summed E-state index contributed by atoms with van der Waals surface area (Å²) in [6.07, 6.45) is 1.71. The molecule has 2 aromatic rings. The molecule has 1 unspecified atom stereocenters. The van der Waals surface area contributed by atoms with Crippen LogP contribution < -0.4 is 0 Å². The van der Waals surface area contributed by atoms with Crippen molar-refractivity contribution < 1.29 is 9.90 Å². The van der Waals surface area contributed by atoms with Gasteiger partial charge in [0.2, 0.25) is 0 Å². The number of para-hydroxylation sites is 1. The Morgan fingerprint density at radius 3 is 2.90 bits per heavy atom. The lowest BCUT2D eigenvalue weighted by Crippen LogP contribution is -2.30. The largest absolute Gasteiger partial charge is 0.390 e. The number of hydrogen-bond donors (Lipinski definition) is 2. The van der Waals surface area contributed by atoms with Crippen LogP contribution in [0.4, 0.5) is 0 Å². The molecule has 112 valence electrons. The van der Waals surface area contributed by atoms with E-state index in [2.05, 4.69) is 4.98 Å². The molecular formula is C17H22N2O2. The van der Waals surface area contributed by atoms with Crippen LogP contribution in [0.25, 0.3) is 10.9 Å². The number of H-pyrrole nitrogens is 1. The van der Waals surface area contributed by atoms with E-state index in [9.17, 15) is 9.90 Å². The topological polar surface area (TPSA) is 56.3 Å². The van der Waals surface area contributed by atoms with Gasteiger partial charge < -0.3 is 15.0 Å². The van der Waals surface area contributed by atoms with E-state index < -0.39 is 5.60 Å². The van der Waals surface area contributed by atoms with Crippen LogP contribution in [0.15, 0.2) is 30.3 Å². The molecule has 1 aliphatic heterocycles. The first kappa shape index (κ1) is 14.1. The standard InChI is InChI=1S/C17H22N2O2/c1-17(2,21)10-12-7-8-19(11-12)16(20)15-9-13-5-3-4-6-14(13)18-15/h3-6,9,12,18,21H,7-8,10-11H2,1-2H3. The van der Waals surface area contributed by atoms with E-state index in [4.69, 9.17) is 0 Å². The van der Waals surface area contributed by atoms with Crippen molar-refractivity contribution in [1.82, 2.24) is 9.88 Å². The number of fused-ring (bicyclic) bond motifs is 1. The molecule has 1 fully saturated rings. The van der Waals surface area contributed by atoms with Crippen LogP contribution in [0.2, 0.25) is 0 Å². The van der Waals surface area contributed by atoms with Gasteiger partial charge in [0.1, 0.15) is 5.69 Å². The van der Waals surface area contributed by atoms with Gasteiger partial charge in [0, 0.05) is 24.0 Å². The maximum atomic E-state index is 12.6. The van der Waals surface area contributed by atoms with E-state index in [1.807, 2.05) is 49.1 Å². The fourth-order valence-electron chi connectivity index (χ4n) is 3.25. The normalized spacial score (nSPS) is 19.4. The zero-order valence-corrected chi connectivity index (χ0v) is 12.6. The quantitative estimate of drug-likeness (QED) is 0.911. The fourth-order valence-corrected chi connectivity index (χ4v) is 3.25. The molecular weight excluding hydrogens is 264 g/mol. The van der Waals surface area contributed by atoms with E-state index in [-0.39, 0.29) is 5.91 Å². The zero-order chi connectivity index (χ0) is 15.0. The molecule has 4 heteroatoms. The Bertz CT molecular complexity index is 621. The lowest BCUT2D eigenvalue weighted by molar-refractivity contribution is 0.0521. The third-order valence-corrected chi connectivity index (χ3v) is 4.12. The molecule has 0 bridgehead atoms. The molecule has 1 atom stereocenters. The molecule has 1 aromatic heterocycles. The van der Waals surface area contributed by atoms with Crippen LogP contribution in [0.3, 0.4) is 0 Å². The Hall–Kier alpha value is -1.81. The second-order valence-corrected chi connectivity index (χ2v) is 6.69. The Labute approximate surface area is 124 Å². The van der Waals surface area contributed by atoms with Crippen molar-refractivity contribution in [2.45, 2.75) is 32.3 Å². The molecule has 1 aliphatic rings. The van der Waals surface area contributed by atoms with Gasteiger partial charge in [-0.1, -0.05) is 18.2 Å². The van der Waals surface area contributed by atoms with Crippen molar-refractivity contribution >= 4 is 16.8 Å². The summed E-state index contributed by atoms with van der Waals surface area (Å²) in [6.45, 7) is 5.16. The molecule has 4 nitrogen and oxygen atoms in total. The average molecular weight is 286 g/mol. The van der Waals surface area contributed by atoms with E-state index in [0.717, 1.165) is 36.8 Å². The van der Waals surface area contributed by atoms with Gasteiger partial charge in [0.25, 0.3) is 5.91 Å². The predicted octanol–water partition coefficient (Wildman–Crippen LogP) is 2.79. The molecule has 0 aliphatic carbocycles. The maximum absolute atomic E-state index is 12.6. The zero-order valence-electron chi connectivity index (χ0n) is 12.6. The molecule has 3 rings (SSSR count). The maximum Gasteiger partial charge on any atom is 0.270 e. The number of nitrogens with one attached hydrogen (secondary N) is 1. The van der Waals surface area contributed by atoms with Crippen molar-refractivity contribution in [3.63, 3.8) is 0 Å². The second-order valence-electron chi connectivity index (χ2n) is 6.69. The Morgan fingerprint density at radius 2 is 2.19 bits per heavy atom. The Balaban J connectivity index is 1.71. The van der Waals surface area contributed by atoms with Gasteiger partial charge in [-0.3, -0.25) is 4.79 Å². The molecule has 0 spiro atoms. The fraction of sp³-hybridized carbons (Fsp3) is 0.471. The third-order valence-electron chi connectivity index (χ3n) is 4.12. The third kappa shape index (κ3) is 3.10. The minimum Gasteiger partial charge on any atom is -0.390 e. The van der Waals surface area contributed by atoms with Gasteiger partial charge >= 0.3 is 0 Å². The van der Waals surface area contributed by atoms with E-state index in [1.54, 1.807) is 0 Å². The van der Waals surface area contributed by atoms with Crippen molar-refractivity contribution in [3.05, 3.63) is 36.0 Å². The highest BCUT2D eigenvalue weighted by Crippen LogP contribution is 2.27. The van der Waals surface area contributed by atoms with Gasteiger partial charge in [-0.15, -0.1) is 0 Å². The van der Waals surface area contributed by atoms with Crippen molar-refractivity contribution in [2.75, 3.05) is 13.1 Å². The monoisotopic (exact) mass is 286 g/mol. The van der Waals surface area contributed by atoms with Gasteiger partial charge in [0.15, 0.2) is 0 Å². The summed E-state index contributed by atoms with van der Waals surface area (Å²) in [5, 5.41) is 11.0. The Morgan fingerprint density at radius 1 is 1.43 bits per heavy atom. The van der Waals surface area contributed by atoms with Crippen molar-refractivity contribution in [2.24, 2.45) is 5.92 Å². The van der Waals surface area contributed by atoms with Crippen LogP contribution in [-0.2, 0) is 0 Å². The second kappa shape index (κ2) is 5.19. The number of nitrogens with zero attached hydrogens (tertiary/aromatic N) is 1. The SMILES string of the molecule is CC(C)(O)CC1CCN(C(=O)c2cc3ccccc3[nH]2)C1. The number of aliphatic hydroxyl groups is 1. The highest BCUT2D eigenvalue weighted by molar-refractivity contribution is 5.98. The summed E-state index contributed by atoms with van der Waals surface area (Å²) in [5.74, 6) is 0.447. The lowest BCUT2D eigenvalue weighted by Gasteiger charge is -2.22. The molecule has 1 amide bonds. The first-order valence-corrected chi connectivity index (χ1v) is 7.52. The minimum absolute atomic E-state index is 0.0597. The van der Waals surface area contributed by atoms with Gasteiger partial charge in [0.05, 0.1) is 5.60 Å². The minimum atomic E-state index is -0.662. The van der Waals surface area contributed by atoms with Crippen LogP contribution in [0.1, 0.15) is 37.2 Å². The molecule has 2 heterocycles. The first-order chi connectivity index (χ1) is 9.92. The number of likely N-dealkylation sites (tertiary alicyclic amines) is 1. The number of aromatic nitrogens is 1. The smallest absolute Gasteiger partial charge is 0.270 e. The van der Waals surface area contributed by atoms with Crippen molar-refractivity contribution in [3.8, 4) is 0 Å². The number of hydrogen-bond acceptors (Lipinski definition) is 2. The summed E-state index contributed by atoms with van der Waals surface area (Å²) < 4.78 is 0. The molecule has 2 N–H and O–H groups in total. The number of benzene rings is 1. The molecule has 0 saturated carbocycles. The first-order valence-electron chi connectivity index (χ1n) is 7.52. The van der Waals surface area contributed by atoms with Gasteiger partial charge in [-0.05, 0) is 44.7 Å². The molecule has 1 saturated heterocycles. The van der Waals surface area contributed by atoms with Gasteiger partial charge in [-0.25, -0.2) is 0 Å². The number of carbonyl (C=O) groups excluding carboxylic acids is 1. The predicted molar refractivity (Wildman–Crippen MR) is 83.2 cm³/mol. The van der Waals surface area contributed by atoms with Crippen molar-refractivity contribution in [1.29, 1.82) is 0 Å². The lowest BCUT2D eigenvalue weighted by atomic mass is 9.93. The Kier molecular flexibility index (Phi) is 3.49. The highest BCUT2D eigenvalue weighted by atomic mass is 16.3. The van der Waals surface area contributed by atoms with Crippen LogP contribution >= 0.6 is 0 Å². The molecule has 1 aromatic carbocycles. The van der Waals surface area contributed by atoms with E-state index >= 15 is 0 Å². The summed E-state index contributed by atoms with van der Waals surface area (Å²) in [4.78, 5) is 17.6. The molecule has 0 radical (unpaired) electrons. The number of amides is 1. The van der Waals surface area contributed by atoms with Crippen LogP contribution in [-0.4, -0.2) is 39.6 Å². The molecule has 21 heavy (non-hydrogen) atoms. The number of aromatic amines is 1. The number of carbonyl (C=O) groups is 1.